The third-order valence-corrected chi connectivity index (χ3v) is 3.70. The SMILES string of the molecule is O=c1cc(-c2nc([C@H]3CCOC3)no2)[nH]c2ccccc12. The number of nitrogens with one attached hydrogen (secondary N) is 1. The van der Waals surface area contributed by atoms with Crippen molar-refractivity contribution in [3.8, 4) is 11.6 Å². The average molecular weight is 283 g/mol. The third kappa shape index (κ3) is 2.13. The Kier molecular flexibility index (Phi) is 2.82. The summed E-state index contributed by atoms with van der Waals surface area (Å²) in [6, 6.07) is 8.83. The Morgan fingerprint density at radius 1 is 1.29 bits per heavy atom. The van der Waals surface area contributed by atoms with Crippen LogP contribution in [-0.2, 0) is 4.74 Å². The molecule has 1 aromatic carbocycles. The first-order valence-corrected chi connectivity index (χ1v) is 6.85. The van der Waals surface area contributed by atoms with Crippen LogP contribution in [0.2, 0.25) is 0 Å². The highest BCUT2D eigenvalue weighted by atomic mass is 16.5. The number of para-hydroxylation sites is 1. The minimum absolute atomic E-state index is 0.0664. The molecule has 1 fully saturated rings. The van der Waals surface area contributed by atoms with Crippen LogP contribution in [0.1, 0.15) is 18.2 Å². The predicted octanol–water partition coefficient (Wildman–Crippen LogP) is 2.08. The van der Waals surface area contributed by atoms with Crippen molar-refractivity contribution < 1.29 is 9.26 Å². The number of hydrogen-bond acceptors (Lipinski definition) is 5. The largest absolute Gasteiger partial charge is 0.381 e. The summed E-state index contributed by atoms with van der Waals surface area (Å²) >= 11 is 0. The minimum Gasteiger partial charge on any atom is -0.381 e. The number of nitrogens with zero attached hydrogens (tertiary/aromatic N) is 2. The van der Waals surface area contributed by atoms with Crippen LogP contribution < -0.4 is 5.43 Å². The molecule has 6 heteroatoms. The molecule has 4 rings (SSSR count). The van der Waals surface area contributed by atoms with E-state index in [0.29, 0.717) is 29.4 Å². The van der Waals surface area contributed by atoms with Crippen molar-refractivity contribution in [3.05, 3.63) is 46.4 Å². The van der Waals surface area contributed by atoms with E-state index in [4.69, 9.17) is 9.26 Å². The predicted molar refractivity (Wildman–Crippen MR) is 76.0 cm³/mol. The van der Waals surface area contributed by atoms with Crippen molar-refractivity contribution in [1.82, 2.24) is 15.1 Å². The first kappa shape index (κ1) is 12.3. The summed E-state index contributed by atoms with van der Waals surface area (Å²) in [6.45, 7) is 1.34. The molecule has 3 heterocycles. The summed E-state index contributed by atoms with van der Waals surface area (Å²) in [6.07, 6.45) is 0.896. The van der Waals surface area contributed by atoms with Crippen LogP contribution in [-0.4, -0.2) is 28.3 Å². The molecule has 0 unspecified atom stereocenters. The normalized spacial score (nSPS) is 18.4. The van der Waals surface area contributed by atoms with E-state index in [2.05, 4.69) is 15.1 Å². The monoisotopic (exact) mass is 283 g/mol. The maximum Gasteiger partial charge on any atom is 0.274 e. The molecular formula is C15H13N3O3. The summed E-state index contributed by atoms with van der Waals surface area (Å²) in [4.78, 5) is 19.6. The van der Waals surface area contributed by atoms with Gasteiger partial charge in [0.15, 0.2) is 11.3 Å². The molecule has 2 aromatic heterocycles. The molecule has 0 bridgehead atoms. The Hall–Kier alpha value is -2.47. The zero-order valence-corrected chi connectivity index (χ0v) is 11.2. The van der Waals surface area contributed by atoms with Crippen molar-refractivity contribution in [1.29, 1.82) is 0 Å². The van der Waals surface area contributed by atoms with Crippen LogP contribution in [0.25, 0.3) is 22.5 Å². The molecule has 6 nitrogen and oxygen atoms in total. The van der Waals surface area contributed by atoms with E-state index in [0.717, 1.165) is 18.5 Å². The molecule has 106 valence electrons. The van der Waals surface area contributed by atoms with Gasteiger partial charge in [0.05, 0.1) is 6.61 Å². The van der Waals surface area contributed by atoms with E-state index in [-0.39, 0.29) is 11.3 Å². The van der Waals surface area contributed by atoms with Crippen molar-refractivity contribution in [3.63, 3.8) is 0 Å². The van der Waals surface area contributed by atoms with Gasteiger partial charge in [-0.3, -0.25) is 4.79 Å². The highest BCUT2D eigenvalue weighted by Crippen LogP contribution is 2.25. The Morgan fingerprint density at radius 2 is 2.19 bits per heavy atom. The van der Waals surface area contributed by atoms with E-state index in [9.17, 15) is 4.79 Å². The summed E-state index contributed by atoms with van der Waals surface area (Å²) in [5.74, 6) is 1.14. The fourth-order valence-corrected chi connectivity index (χ4v) is 2.56. The molecule has 0 aliphatic carbocycles. The zero-order valence-electron chi connectivity index (χ0n) is 11.2. The number of rotatable bonds is 2. The van der Waals surface area contributed by atoms with Crippen LogP contribution in [0, 0.1) is 0 Å². The lowest BCUT2D eigenvalue weighted by atomic mass is 10.1. The van der Waals surface area contributed by atoms with Crippen molar-refractivity contribution in [2.75, 3.05) is 13.2 Å². The van der Waals surface area contributed by atoms with Gasteiger partial charge in [0.1, 0.15) is 5.69 Å². The second-order valence-electron chi connectivity index (χ2n) is 5.11. The van der Waals surface area contributed by atoms with E-state index in [1.165, 1.54) is 6.07 Å². The number of pyridine rings is 1. The van der Waals surface area contributed by atoms with Crippen molar-refractivity contribution in [2.24, 2.45) is 0 Å². The van der Waals surface area contributed by atoms with Gasteiger partial charge in [-0.05, 0) is 18.6 Å². The molecule has 3 aromatic rings. The van der Waals surface area contributed by atoms with E-state index >= 15 is 0 Å². The van der Waals surface area contributed by atoms with Gasteiger partial charge in [0.25, 0.3) is 5.89 Å². The number of H-pyrrole nitrogens is 1. The van der Waals surface area contributed by atoms with Gasteiger partial charge in [-0.25, -0.2) is 0 Å². The van der Waals surface area contributed by atoms with Crippen LogP contribution in [0.5, 0.6) is 0 Å². The summed E-state index contributed by atoms with van der Waals surface area (Å²) < 4.78 is 10.6. The van der Waals surface area contributed by atoms with Crippen molar-refractivity contribution >= 4 is 10.9 Å². The number of hydrogen-bond donors (Lipinski definition) is 1. The zero-order chi connectivity index (χ0) is 14.2. The van der Waals surface area contributed by atoms with Crippen LogP contribution >= 0.6 is 0 Å². The summed E-state index contributed by atoms with van der Waals surface area (Å²) in [7, 11) is 0. The number of aromatic amines is 1. The maximum atomic E-state index is 12.1. The van der Waals surface area contributed by atoms with Gasteiger partial charge >= 0.3 is 0 Å². The number of aromatic nitrogens is 3. The van der Waals surface area contributed by atoms with Crippen LogP contribution in [0.15, 0.2) is 39.6 Å². The molecule has 1 saturated heterocycles. The molecule has 1 atom stereocenters. The first-order valence-electron chi connectivity index (χ1n) is 6.85. The number of fused-ring (bicyclic) bond motifs is 1. The van der Waals surface area contributed by atoms with Crippen LogP contribution in [0.3, 0.4) is 0 Å². The van der Waals surface area contributed by atoms with Gasteiger partial charge in [0, 0.05) is 29.5 Å². The standard InChI is InChI=1S/C15H13N3O3/c19-13-7-12(16-11-4-2-1-3-10(11)13)15-17-14(18-21-15)9-5-6-20-8-9/h1-4,7,9H,5-6,8H2,(H,16,19)/t9-/m0/s1. The first-order chi connectivity index (χ1) is 10.3. The Balaban J connectivity index is 1.78. The quantitative estimate of drug-likeness (QED) is 0.778. The highest BCUT2D eigenvalue weighted by Gasteiger charge is 2.23. The fourth-order valence-electron chi connectivity index (χ4n) is 2.56. The van der Waals surface area contributed by atoms with Crippen LogP contribution in [0.4, 0.5) is 0 Å². The third-order valence-electron chi connectivity index (χ3n) is 3.70. The van der Waals surface area contributed by atoms with Gasteiger partial charge in [-0.2, -0.15) is 4.98 Å². The van der Waals surface area contributed by atoms with E-state index < -0.39 is 0 Å². The average Bonchev–Trinajstić information content (AvgIpc) is 3.18. The highest BCUT2D eigenvalue weighted by molar-refractivity contribution is 5.80. The second-order valence-corrected chi connectivity index (χ2v) is 5.11. The van der Waals surface area contributed by atoms with Gasteiger partial charge in [-0.1, -0.05) is 17.3 Å². The topological polar surface area (TPSA) is 81.0 Å². The number of ether oxygens (including phenoxy) is 1. The number of benzene rings is 1. The van der Waals surface area contributed by atoms with Gasteiger partial charge in [-0.15, -0.1) is 0 Å². The van der Waals surface area contributed by atoms with E-state index in [1.807, 2.05) is 18.2 Å². The molecule has 0 amide bonds. The lowest BCUT2D eigenvalue weighted by molar-refractivity contribution is 0.192. The van der Waals surface area contributed by atoms with Gasteiger partial charge in [0.2, 0.25) is 0 Å². The Bertz CT molecular complexity index is 846. The molecule has 21 heavy (non-hydrogen) atoms. The molecule has 1 aliphatic rings. The Labute approximate surface area is 119 Å². The molecule has 1 aliphatic heterocycles. The molecule has 1 N–H and O–H groups in total. The molecule has 0 saturated carbocycles. The molecular weight excluding hydrogens is 270 g/mol. The summed E-state index contributed by atoms with van der Waals surface area (Å²) in [5, 5.41) is 4.64. The van der Waals surface area contributed by atoms with E-state index in [1.54, 1.807) is 6.07 Å². The van der Waals surface area contributed by atoms with Crippen molar-refractivity contribution in [2.45, 2.75) is 12.3 Å². The van der Waals surface area contributed by atoms with Gasteiger partial charge < -0.3 is 14.2 Å². The lowest BCUT2D eigenvalue weighted by Gasteiger charge is -2.00. The molecule has 0 spiro atoms. The second kappa shape index (κ2) is 4.82. The maximum absolute atomic E-state index is 12.1. The smallest absolute Gasteiger partial charge is 0.274 e. The summed E-state index contributed by atoms with van der Waals surface area (Å²) in [5.41, 5.74) is 1.23. The lowest BCUT2D eigenvalue weighted by Crippen LogP contribution is -2.03. The molecule has 0 radical (unpaired) electrons. The fraction of sp³-hybridized carbons (Fsp3) is 0.267. The Morgan fingerprint density at radius 3 is 3.05 bits per heavy atom. The minimum atomic E-state index is -0.0664.